The molecule has 0 aliphatic heterocycles. The number of rotatable bonds is 6. The molecule has 0 aromatic carbocycles. The van der Waals surface area contributed by atoms with Crippen molar-refractivity contribution in [2.24, 2.45) is 11.8 Å². The summed E-state index contributed by atoms with van der Waals surface area (Å²) in [6.07, 6.45) is 3.72. The predicted molar refractivity (Wildman–Crippen MR) is 85.2 cm³/mol. The molecule has 0 amide bonds. The smallest absolute Gasteiger partial charge is 0.240 e. The van der Waals surface area contributed by atoms with Crippen LogP contribution >= 0.6 is 11.3 Å². The molecule has 0 atom stereocenters. The van der Waals surface area contributed by atoms with Crippen molar-refractivity contribution in [3.8, 4) is 0 Å². The fourth-order valence-corrected chi connectivity index (χ4v) is 3.38. The van der Waals surface area contributed by atoms with Crippen molar-refractivity contribution in [1.82, 2.24) is 9.97 Å². The Morgan fingerprint density at radius 3 is 2.80 bits per heavy atom. The minimum atomic E-state index is 0.506. The second-order valence-electron chi connectivity index (χ2n) is 5.28. The molecule has 0 saturated heterocycles. The fraction of sp³-hybridized carbons (Fsp3) is 0.571. The molecule has 1 fully saturated rings. The minimum absolute atomic E-state index is 0.506. The van der Waals surface area contributed by atoms with Gasteiger partial charge in [0, 0.05) is 18.0 Å². The lowest BCUT2D eigenvalue weighted by atomic mass is 10.2. The van der Waals surface area contributed by atoms with Crippen LogP contribution in [0, 0.1) is 5.92 Å². The van der Waals surface area contributed by atoms with Gasteiger partial charge in [-0.05, 0) is 38.2 Å². The second kappa shape index (κ2) is 5.54. The third-order valence-electron chi connectivity index (χ3n) is 3.76. The highest BCUT2D eigenvalue weighted by Crippen LogP contribution is 2.35. The molecule has 2 aromatic heterocycles. The van der Waals surface area contributed by atoms with Gasteiger partial charge in [0.05, 0.1) is 5.39 Å². The molecule has 108 valence electrons. The largest absolute Gasteiger partial charge is 0.356 e. The lowest BCUT2D eigenvalue weighted by Crippen LogP contribution is -2.27. The number of nitrogen functional groups attached to an aromatic ring is 1. The summed E-state index contributed by atoms with van der Waals surface area (Å²) in [6.45, 7) is 6.40. The molecular formula is C14H21N5S. The van der Waals surface area contributed by atoms with Gasteiger partial charge in [-0.1, -0.05) is 6.92 Å². The molecule has 3 rings (SSSR count). The number of nitrogens with zero attached hydrogens (tertiary/aromatic N) is 3. The van der Waals surface area contributed by atoms with Crippen LogP contribution in [0.5, 0.6) is 0 Å². The SMILES string of the molecule is CCc1cc2c(N(CC)CC3CC3)nc(NN)nc2s1. The van der Waals surface area contributed by atoms with Gasteiger partial charge in [-0.2, -0.15) is 4.98 Å². The van der Waals surface area contributed by atoms with Crippen molar-refractivity contribution in [2.45, 2.75) is 33.1 Å². The molecule has 6 heteroatoms. The number of aryl methyl sites for hydroxylation is 1. The number of anilines is 2. The van der Waals surface area contributed by atoms with Crippen molar-refractivity contribution in [3.05, 3.63) is 10.9 Å². The summed E-state index contributed by atoms with van der Waals surface area (Å²) >= 11 is 1.73. The first-order valence-electron chi connectivity index (χ1n) is 7.27. The molecule has 1 aliphatic carbocycles. The van der Waals surface area contributed by atoms with E-state index in [1.165, 1.54) is 17.7 Å². The highest BCUT2D eigenvalue weighted by atomic mass is 32.1. The third kappa shape index (κ3) is 2.58. The highest BCUT2D eigenvalue weighted by Gasteiger charge is 2.26. The summed E-state index contributed by atoms with van der Waals surface area (Å²) in [5.74, 6) is 7.87. The quantitative estimate of drug-likeness (QED) is 0.633. The van der Waals surface area contributed by atoms with Crippen molar-refractivity contribution in [3.63, 3.8) is 0 Å². The summed E-state index contributed by atoms with van der Waals surface area (Å²) in [5, 5.41) is 1.16. The number of nitrogens with one attached hydrogen (secondary N) is 1. The zero-order chi connectivity index (χ0) is 14.1. The Morgan fingerprint density at radius 2 is 2.20 bits per heavy atom. The average molecular weight is 291 g/mol. The minimum Gasteiger partial charge on any atom is -0.356 e. The van der Waals surface area contributed by atoms with Gasteiger partial charge in [0.2, 0.25) is 5.95 Å². The van der Waals surface area contributed by atoms with Crippen LogP contribution in [0.1, 0.15) is 31.6 Å². The molecule has 2 heterocycles. The number of hydrogen-bond acceptors (Lipinski definition) is 6. The van der Waals surface area contributed by atoms with Gasteiger partial charge in [0.25, 0.3) is 0 Å². The van der Waals surface area contributed by atoms with Crippen molar-refractivity contribution in [1.29, 1.82) is 0 Å². The lowest BCUT2D eigenvalue weighted by Gasteiger charge is -2.22. The predicted octanol–water partition coefficient (Wildman–Crippen LogP) is 2.78. The normalized spacial score (nSPS) is 14.8. The van der Waals surface area contributed by atoms with Crippen LogP contribution in [0.4, 0.5) is 11.8 Å². The van der Waals surface area contributed by atoms with E-state index in [0.29, 0.717) is 5.95 Å². The maximum Gasteiger partial charge on any atom is 0.240 e. The number of thiophene rings is 1. The molecule has 1 aliphatic rings. The zero-order valence-electron chi connectivity index (χ0n) is 12.0. The van der Waals surface area contributed by atoms with Gasteiger partial charge >= 0.3 is 0 Å². The Bertz CT molecular complexity index is 605. The first-order chi connectivity index (χ1) is 9.75. The fourth-order valence-electron chi connectivity index (χ4n) is 2.41. The van der Waals surface area contributed by atoms with E-state index in [2.05, 4.69) is 40.2 Å². The average Bonchev–Trinajstić information content (AvgIpc) is 3.19. The van der Waals surface area contributed by atoms with Crippen molar-refractivity contribution < 1.29 is 0 Å². The van der Waals surface area contributed by atoms with E-state index in [-0.39, 0.29) is 0 Å². The molecule has 5 nitrogen and oxygen atoms in total. The van der Waals surface area contributed by atoms with Gasteiger partial charge in [-0.3, -0.25) is 5.43 Å². The van der Waals surface area contributed by atoms with Crippen LogP contribution in [0.25, 0.3) is 10.2 Å². The Hall–Kier alpha value is -1.40. The summed E-state index contributed by atoms with van der Waals surface area (Å²) in [5.41, 5.74) is 2.59. The van der Waals surface area contributed by atoms with Crippen LogP contribution in [-0.2, 0) is 6.42 Å². The van der Waals surface area contributed by atoms with Crippen LogP contribution in [0.2, 0.25) is 0 Å². The Balaban J connectivity index is 2.07. The molecule has 3 N–H and O–H groups in total. The summed E-state index contributed by atoms with van der Waals surface area (Å²) in [7, 11) is 0. The van der Waals surface area contributed by atoms with Gasteiger partial charge in [-0.25, -0.2) is 10.8 Å². The van der Waals surface area contributed by atoms with Gasteiger partial charge in [-0.15, -0.1) is 11.3 Å². The lowest BCUT2D eigenvalue weighted by molar-refractivity contribution is 0.734. The zero-order valence-corrected chi connectivity index (χ0v) is 12.8. The van der Waals surface area contributed by atoms with Crippen LogP contribution in [0.3, 0.4) is 0 Å². The topological polar surface area (TPSA) is 67.1 Å². The van der Waals surface area contributed by atoms with Gasteiger partial charge < -0.3 is 4.90 Å². The molecule has 0 spiro atoms. The van der Waals surface area contributed by atoms with E-state index in [1.807, 2.05) is 0 Å². The van der Waals surface area contributed by atoms with Crippen LogP contribution < -0.4 is 16.2 Å². The van der Waals surface area contributed by atoms with Crippen molar-refractivity contribution >= 4 is 33.3 Å². The second-order valence-corrected chi connectivity index (χ2v) is 6.40. The molecule has 0 bridgehead atoms. The number of nitrogens with two attached hydrogens (primary N) is 1. The Labute approximate surface area is 123 Å². The van der Waals surface area contributed by atoms with Crippen molar-refractivity contribution in [2.75, 3.05) is 23.4 Å². The van der Waals surface area contributed by atoms with Gasteiger partial charge in [0.15, 0.2) is 0 Å². The molecule has 0 unspecified atom stereocenters. The maximum absolute atomic E-state index is 5.52. The number of hydrazine groups is 1. The summed E-state index contributed by atoms with van der Waals surface area (Å²) in [4.78, 5) is 13.8. The first kappa shape index (κ1) is 13.6. The summed E-state index contributed by atoms with van der Waals surface area (Å²) < 4.78 is 0. The molecule has 0 radical (unpaired) electrons. The number of aromatic nitrogens is 2. The van der Waals surface area contributed by atoms with E-state index in [9.17, 15) is 0 Å². The van der Waals surface area contributed by atoms with E-state index in [4.69, 9.17) is 5.84 Å². The molecular weight excluding hydrogens is 270 g/mol. The Kier molecular flexibility index (Phi) is 3.76. The molecule has 2 aromatic rings. The van der Waals surface area contributed by atoms with Crippen LogP contribution in [-0.4, -0.2) is 23.1 Å². The van der Waals surface area contributed by atoms with Crippen LogP contribution in [0.15, 0.2) is 6.07 Å². The monoisotopic (exact) mass is 291 g/mol. The number of hydrogen-bond donors (Lipinski definition) is 2. The standard InChI is InChI=1S/C14H21N5S/c1-3-10-7-11-12(19(4-2)8-9-5-6-9)16-14(18-15)17-13(11)20-10/h7,9H,3-6,8,15H2,1-2H3,(H,16,17,18). The van der Waals surface area contributed by atoms with E-state index in [0.717, 1.165) is 41.5 Å². The third-order valence-corrected chi connectivity index (χ3v) is 4.93. The van der Waals surface area contributed by atoms with E-state index < -0.39 is 0 Å². The Morgan fingerprint density at radius 1 is 1.40 bits per heavy atom. The van der Waals surface area contributed by atoms with E-state index in [1.54, 1.807) is 11.3 Å². The highest BCUT2D eigenvalue weighted by molar-refractivity contribution is 7.18. The maximum atomic E-state index is 5.52. The molecule has 1 saturated carbocycles. The summed E-state index contributed by atoms with van der Waals surface area (Å²) in [6, 6.07) is 2.23. The molecule has 20 heavy (non-hydrogen) atoms. The first-order valence-corrected chi connectivity index (χ1v) is 8.08. The number of fused-ring (bicyclic) bond motifs is 1. The van der Waals surface area contributed by atoms with E-state index >= 15 is 0 Å². The van der Waals surface area contributed by atoms with Gasteiger partial charge in [0.1, 0.15) is 10.6 Å².